The summed E-state index contributed by atoms with van der Waals surface area (Å²) in [6, 6.07) is 6.26. The van der Waals surface area contributed by atoms with Crippen molar-refractivity contribution in [2.45, 2.75) is 11.9 Å². The fourth-order valence-electron chi connectivity index (χ4n) is 1.15. The van der Waals surface area contributed by atoms with E-state index in [9.17, 15) is 0 Å². The maximum atomic E-state index is 5.47. The summed E-state index contributed by atoms with van der Waals surface area (Å²) in [7, 11) is 1.67. The normalized spacial score (nSPS) is 10.6. The lowest BCUT2D eigenvalue weighted by atomic mass is 10.1. The number of benzene rings is 1. The van der Waals surface area contributed by atoms with Gasteiger partial charge in [0.2, 0.25) is 0 Å². The smallest absolute Gasteiger partial charge is 0.0729 e. The third kappa shape index (κ3) is 4.64. The van der Waals surface area contributed by atoms with Crippen molar-refractivity contribution in [1.82, 2.24) is 0 Å². The molecule has 0 spiro atoms. The third-order valence-corrected chi connectivity index (χ3v) is 3.37. The van der Waals surface area contributed by atoms with Gasteiger partial charge in [0.25, 0.3) is 0 Å². The molecule has 1 rings (SSSR count). The maximum absolute atomic E-state index is 5.47. The van der Waals surface area contributed by atoms with Gasteiger partial charge in [-0.05, 0) is 17.2 Å². The Morgan fingerprint density at radius 1 is 1.27 bits per heavy atom. The lowest BCUT2D eigenvalue weighted by Gasteiger charge is -2.07. The van der Waals surface area contributed by atoms with Gasteiger partial charge < -0.3 is 9.47 Å². The highest BCUT2D eigenvalue weighted by Gasteiger charge is 2.01. The number of hydrogen-bond donors (Lipinski definition) is 0. The molecule has 0 radical (unpaired) electrons. The van der Waals surface area contributed by atoms with Crippen molar-refractivity contribution in [3.8, 4) is 0 Å². The van der Waals surface area contributed by atoms with Crippen LogP contribution >= 0.6 is 31.9 Å². The molecule has 0 amide bonds. The average Bonchev–Trinajstić information content (AvgIpc) is 2.26. The molecule has 0 aromatic heterocycles. The van der Waals surface area contributed by atoms with Crippen LogP contribution in [0.3, 0.4) is 0 Å². The van der Waals surface area contributed by atoms with Crippen LogP contribution in [0.15, 0.2) is 22.7 Å². The largest absolute Gasteiger partial charge is 0.382 e. The lowest BCUT2D eigenvalue weighted by Crippen LogP contribution is -2.02. The molecular formula is C11H14Br2O2. The molecule has 0 aliphatic heterocycles. The van der Waals surface area contributed by atoms with Crippen molar-refractivity contribution in [3.63, 3.8) is 0 Å². The number of hydrogen-bond acceptors (Lipinski definition) is 2. The Morgan fingerprint density at radius 2 is 2.07 bits per heavy atom. The van der Waals surface area contributed by atoms with Gasteiger partial charge in [0.15, 0.2) is 0 Å². The number of alkyl halides is 1. The van der Waals surface area contributed by atoms with Crippen LogP contribution in [0, 0.1) is 0 Å². The molecule has 1 aromatic carbocycles. The van der Waals surface area contributed by atoms with E-state index < -0.39 is 0 Å². The molecule has 0 atom stereocenters. The zero-order chi connectivity index (χ0) is 11.1. The highest BCUT2D eigenvalue weighted by atomic mass is 79.9. The van der Waals surface area contributed by atoms with Gasteiger partial charge >= 0.3 is 0 Å². The van der Waals surface area contributed by atoms with Crippen LogP contribution in [-0.2, 0) is 21.4 Å². The summed E-state index contributed by atoms with van der Waals surface area (Å²) in [5, 5.41) is 0.866. The van der Waals surface area contributed by atoms with Crippen LogP contribution in [0.1, 0.15) is 11.1 Å². The molecule has 0 bridgehead atoms. The van der Waals surface area contributed by atoms with E-state index in [1.54, 1.807) is 7.11 Å². The van der Waals surface area contributed by atoms with Crippen molar-refractivity contribution in [1.29, 1.82) is 0 Å². The molecule has 0 saturated heterocycles. The fraction of sp³-hybridized carbons (Fsp3) is 0.455. The number of methoxy groups -OCH3 is 1. The summed E-state index contributed by atoms with van der Waals surface area (Å²) < 4.78 is 11.5. The van der Waals surface area contributed by atoms with Gasteiger partial charge in [0.1, 0.15) is 0 Å². The molecule has 84 valence electrons. The first-order chi connectivity index (χ1) is 7.27. The maximum Gasteiger partial charge on any atom is 0.0729 e. The summed E-state index contributed by atoms with van der Waals surface area (Å²) in [6.45, 7) is 1.88. The standard InChI is InChI=1S/C11H14Br2O2/c1-14-4-5-15-8-10-6-9(7-12)2-3-11(10)13/h2-3,6H,4-5,7-8H2,1H3. The molecule has 2 nitrogen and oxygen atoms in total. The van der Waals surface area contributed by atoms with Crippen molar-refractivity contribution < 1.29 is 9.47 Å². The van der Waals surface area contributed by atoms with Crippen molar-refractivity contribution >= 4 is 31.9 Å². The zero-order valence-electron chi connectivity index (χ0n) is 8.63. The monoisotopic (exact) mass is 336 g/mol. The van der Waals surface area contributed by atoms with Crippen LogP contribution in [-0.4, -0.2) is 20.3 Å². The molecule has 0 aliphatic carbocycles. The molecule has 0 heterocycles. The van der Waals surface area contributed by atoms with E-state index in [1.807, 2.05) is 6.07 Å². The Labute approximate surface area is 107 Å². The second-order valence-corrected chi connectivity index (χ2v) is 4.52. The topological polar surface area (TPSA) is 18.5 Å². The Bertz CT molecular complexity index is 303. The number of halogens is 2. The highest BCUT2D eigenvalue weighted by molar-refractivity contribution is 9.10. The number of rotatable bonds is 6. The van der Waals surface area contributed by atoms with E-state index in [0.29, 0.717) is 19.8 Å². The van der Waals surface area contributed by atoms with E-state index >= 15 is 0 Å². The molecule has 0 saturated carbocycles. The molecule has 15 heavy (non-hydrogen) atoms. The zero-order valence-corrected chi connectivity index (χ0v) is 11.8. The molecule has 0 fully saturated rings. The minimum Gasteiger partial charge on any atom is -0.382 e. The molecule has 0 N–H and O–H groups in total. The highest BCUT2D eigenvalue weighted by Crippen LogP contribution is 2.20. The molecule has 1 aromatic rings. The van der Waals surface area contributed by atoms with Gasteiger partial charge in [-0.3, -0.25) is 0 Å². The minimum atomic E-state index is 0.616. The van der Waals surface area contributed by atoms with Crippen molar-refractivity contribution in [2.75, 3.05) is 20.3 Å². The summed E-state index contributed by atoms with van der Waals surface area (Å²) in [5.74, 6) is 0. The van der Waals surface area contributed by atoms with Crippen LogP contribution < -0.4 is 0 Å². The van der Waals surface area contributed by atoms with Crippen LogP contribution in [0.4, 0.5) is 0 Å². The van der Waals surface area contributed by atoms with E-state index in [1.165, 1.54) is 11.1 Å². The predicted molar refractivity (Wildman–Crippen MR) is 68.3 cm³/mol. The Hall–Kier alpha value is 0.1000. The van der Waals surface area contributed by atoms with Gasteiger partial charge in [-0.1, -0.05) is 44.0 Å². The summed E-state index contributed by atoms with van der Waals surface area (Å²) >= 11 is 6.94. The first-order valence-corrected chi connectivity index (χ1v) is 6.59. The summed E-state index contributed by atoms with van der Waals surface area (Å²) in [5.41, 5.74) is 2.42. The fourth-order valence-corrected chi connectivity index (χ4v) is 1.86. The van der Waals surface area contributed by atoms with Gasteiger partial charge in [-0.25, -0.2) is 0 Å². The van der Waals surface area contributed by atoms with E-state index in [2.05, 4.69) is 44.0 Å². The lowest BCUT2D eigenvalue weighted by molar-refractivity contribution is 0.0614. The SMILES string of the molecule is COCCOCc1cc(CBr)ccc1Br. The van der Waals surface area contributed by atoms with Crippen molar-refractivity contribution in [2.24, 2.45) is 0 Å². The Morgan fingerprint density at radius 3 is 2.73 bits per heavy atom. The predicted octanol–water partition coefficient (Wildman–Crippen LogP) is 3.51. The molecule has 0 unspecified atom stereocenters. The average molecular weight is 338 g/mol. The van der Waals surface area contributed by atoms with Crippen LogP contribution in [0.2, 0.25) is 0 Å². The first kappa shape index (κ1) is 13.2. The van der Waals surface area contributed by atoms with E-state index in [0.717, 1.165) is 9.80 Å². The second kappa shape index (κ2) is 7.39. The Kier molecular flexibility index (Phi) is 6.48. The van der Waals surface area contributed by atoms with Gasteiger partial charge in [0.05, 0.1) is 19.8 Å². The van der Waals surface area contributed by atoms with Gasteiger partial charge in [0, 0.05) is 16.9 Å². The molecular weight excluding hydrogens is 324 g/mol. The summed E-state index contributed by atoms with van der Waals surface area (Å²) in [6.07, 6.45) is 0. The molecule has 4 heteroatoms. The van der Waals surface area contributed by atoms with E-state index in [-0.39, 0.29) is 0 Å². The van der Waals surface area contributed by atoms with Gasteiger partial charge in [-0.2, -0.15) is 0 Å². The van der Waals surface area contributed by atoms with Crippen molar-refractivity contribution in [3.05, 3.63) is 33.8 Å². The van der Waals surface area contributed by atoms with Gasteiger partial charge in [-0.15, -0.1) is 0 Å². The molecule has 0 aliphatic rings. The third-order valence-electron chi connectivity index (χ3n) is 1.95. The van der Waals surface area contributed by atoms with E-state index in [4.69, 9.17) is 9.47 Å². The van der Waals surface area contributed by atoms with Crippen LogP contribution in [0.5, 0.6) is 0 Å². The number of ether oxygens (including phenoxy) is 2. The first-order valence-electron chi connectivity index (χ1n) is 4.68. The quantitative estimate of drug-likeness (QED) is 0.584. The Balaban J connectivity index is 2.51. The summed E-state index contributed by atoms with van der Waals surface area (Å²) in [4.78, 5) is 0. The minimum absolute atomic E-state index is 0.616. The van der Waals surface area contributed by atoms with Crippen LogP contribution in [0.25, 0.3) is 0 Å². The second-order valence-electron chi connectivity index (χ2n) is 3.10.